The van der Waals surface area contributed by atoms with E-state index < -0.39 is 5.54 Å². The second-order valence-electron chi connectivity index (χ2n) is 8.24. The van der Waals surface area contributed by atoms with Crippen molar-refractivity contribution in [3.8, 4) is 5.75 Å². The summed E-state index contributed by atoms with van der Waals surface area (Å²) in [6.45, 7) is 1.10. The van der Waals surface area contributed by atoms with Gasteiger partial charge in [-0.3, -0.25) is 9.59 Å². The number of methoxy groups -OCH3 is 1. The maximum absolute atomic E-state index is 13.6. The highest BCUT2D eigenvalue weighted by molar-refractivity contribution is 6.34. The summed E-state index contributed by atoms with van der Waals surface area (Å²) in [5.41, 5.74) is 1.41. The van der Waals surface area contributed by atoms with Crippen LogP contribution in [0.25, 0.3) is 0 Å². The molecule has 1 aromatic heterocycles. The molecule has 4 rings (SSSR count). The van der Waals surface area contributed by atoms with E-state index in [0.29, 0.717) is 37.3 Å². The van der Waals surface area contributed by atoms with Gasteiger partial charge in [-0.1, -0.05) is 23.7 Å². The van der Waals surface area contributed by atoms with E-state index in [4.69, 9.17) is 25.5 Å². The van der Waals surface area contributed by atoms with E-state index >= 15 is 0 Å². The quantitative estimate of drug-likeness (QED) is 0.494. The Morgan fingerprint density at radius 1 is 1.00 bits per heavy atom. The summed E-state index contributed by atoms with van der Waals surface area (Å²) < 4.78 is 16.1. The molecule has 34 heavy (non-hydrogen) atoms. The maximum Gasteiger partial charge on any atom is 0.293 e. The van der Waals surface area contributed by atoms with Crippen molar-refractivity contribution in [3.05, 3.63) is 82.8 Å². The van der Waals surface area contributed by atoms with Crippen molar-refractivity contribution >= 4 is 29.1 Å². The summed E-state index contributed by atoms with van der Waals surface area (Å²) in [4.78, 5) is 29.4. The number of ether oxygens (including phenoxy) is 2. The predicted molar refractivity (Wildman–Crippen MR) is 130 cm³/mol. The highest BCUT2D eigenvalue weighted by atomic mass is 35.5. The summed E-state index contributed by atoms with van der Waals surface area (Å²) in [5, 5.41) is 0.269. The van der Waals surface area contributed by atoms with Gasteiger partial charge in [0.05, 0.1) is 29.5 Å². The maximum atomic E-state index is 13.6. The van der Waals surface area contributed by atoms with Crippen LogP contribution in [0, 0.1) is 0 Å². The largest absolute Gasteiger partial charge is 0.497 e. The summed E-state index contributed by atoms with van der Waals surface area (Å²) >= 11 is 6.56. The molecule has 0 unspecified atom stereocenters. The molecule has 0 saturated carbocycles. The molecule has 3 aromatic rings. The molecule has 1 saturated heterocycles. The topological polar surface area (TPSA) is 72.2 Å². The van der Waals surface area contributed by atoms with E-state index in [2.05, 4.69) is 0 Å². The highest BCUT2D eigenvalue weighted by Crippen LogP contribution is 2.39. The number of carbonyl (C=O) groups is 2. The molecule has 1 fully saturated rings. The molecule has 0 spiro atoms. The first-order valence-corrected chi connectivity index (χ1v) is 11.4. The molecule has 1 aliphatic heterocycles. The number of amides is 2. The number of rotatable bonds is 6. The van der Waals surface area contributed by atoms with Crippen LogP contribution in [0.2, 0.25) is 5.02 Å². The SMILES string of the molecule is COc1ccc(C2(N(C)C(=O)c3ccc(N(C)C(=O)c4ccco4)cc3Cl)CCOCC2)cc1. The van der Waals surface area contributed by atoms with E-state index in [1.807, 2.05) is 24.3 Å². The van der Waals surface area contributed by atoms with Crippen molar-refractivity contribution in [2.24, 2.45) is 0 Å². The van der Waals surface area contributed by atoms with E-state index in [1.54, 1.807) is 56.4 Å². The average molecular weight is 483 g/mol. The van der Waals surface area contributed by atoms with Gasteiger partial charge < -0.3 is 23.7 Å². The van der Waals surface area contributed by atoms with Gasteiger partial charge in [0.1, 0.15) is 5.75 Å². The molecule has 0 aliphatic carbocycles. The first-order chi connectivity index (χ1) is 16.4. The molecule has 0 N–H and O–H groups in total. The Labute approximate surface area is 203 Å². The molecular formula is C26H27ClN2O5. The number of nitrogens with zero attached hydrogens (tertiary/aromatic N) is 2. The zero-order valence-electron chi connectivity index (χ0n) is 19.4. The number of furan rings is 1. The fourth-order valence-electron chi connectivity index (χ4n) is 4.37. The zero-order valence-corrected chi connectivity index (χ0v) is 20.2. The van der Waals surface area contributed by atoms with Crippen molar-refractivity contribution in [3.63, 3.8) is 0 Å². The Morgan fingerprint density at radius 3 is 2.29 bits per heavy atom. The molecule has 2 amide bonds. The summed E-state index contributed by atoms with van der Waals surface area (Å²) in [7, 11) is 5.06. The molecular weight excluding hydrogens is 456 g/mol. The Kier molecular flexibility index (Phi) is 6.95. The van der Waals surface area contributed by atoms with Crippen molar-refractivity contribution in [2.45, 2.75) is 18.4 Å². The highest BCUT2D eigenvalue weighted by Gasteiger charge is 2.41. The molecule has 0 bridgehead atoms. The van der Waals surface area contributed by atoms with Crippen LogP contribution < -0.4 is 9.64 Å². The summed E-state index contributed by atoms with van der Waals surface area (Å²) in [6.07, 6.45) is 2.77. The third-order valence-electron chi connectivity index (χ3n) is 6.50. The number of hydrogen-bond donors (Lipinski definition) is 0. The van der Waals surface area contributed by atoms with Gasteiger partial charge in [-0.15, -0.1) is 0 Å². The normalized spacial score (nSPS) is 14.9. The van der Waals surface area contributed by atoms with Crippen LogP contribution in [0.15, 0.2) is 65.3 Å². The molecule has 2 heterocycles. The van der Waals surface area contributed by atoms with Crippen molar-refractivity contribution in [1.82, 2.24) is 4.90 Å². The molecule has 1 aliphatic rings. The number of carbonyl (C=O) groups excluding carboxylic acids is 2. The molecule has 178 valence electrons. The van der Waals surface area contributed by atoms with Gasteiger partial charge in [0, 0.05) is 33.0 Å². The van der Waals surface area contributed by atoms with Gasteiger partial charge in [-0.2, -0.15) is 0 Å². The molecule has 7 nitrogen and oxygen atoms in total. The first kappa shape index (κ1) is 23.9. The second kappa shape index (κ2) is 9.91. The Bertz CT molecular complexity index is 1150. The van der Waals surface area contributed by atoms with Crippen LogP contribution in [0.1, 0.15) is 39.3 Å². The van der Waals surface area contributed by atoms with Gasteiger partial charge in [0.2, 0.25) is 0 Å². The lowest BCUT2D eigenvalue weighted by molar-refractivity contribution is -0.0138. The Morgan fingerprint density at radius 2 is 1.71 bits per heavy atom. The third kappa shape index (κ3) is 4.41. The van der Waals surface area contributed by atoms with Crippen LogP contribution in [-0.2, 0) is 10.3 Å². The van der Waals surface area contributed by atoms with Crippen LogP contribution in [-0.4, -0.2) is 51.1 Å². The van der Waals surface area contributed by atoms with E-state index in [-0.39, 0.29) is 22.6 Å². The van der Waals surface area contributed by atoms with Crippen LogP contribution in [0.4, 0.5) is 5.69 Å². The standard InChI is InChI=1S/C26H27ClN2O5/c1-28(25(31)23-5-4-14-34-23)19-8-11-21(22(27)17-19)24(30)29(2)26(12-15-33-16-13-26)18-6-9-20(32-3)10-7-18/h4-11,14,17H,12-13,15-16H2,1-3H3. The van der Waals surface area contributed by atoms with Crippen LogP contribution >= 0.6 is 11.6 Å². The summed E-state index contributed by atoms with van der Waals surface area (Å²) in [6, 6.07) is 16.0. The van der Waals surface area contributed by atoms with Gasteiger partial charge >= 0.3 is 0 Å². The van der Waals surface area contributed by atoms with Crippen LogP contribution in [0.5, 0.6) is 5.75 Å². The number of benzene rings is 2. The second-order valence-corrected chi connectivity index (χ2v) is 8.65. The minimum atomic E-state index is -0.532. The monoisotopic (exact) mass is 482 g/mol. The van der Waals surface area contributed by atoms with Crippen molar-refractivity contribution in [1.29, 1.82) is 0 Å². The predicted octanol–water partition coefficient (Wildman–Crippen LogP) is 5.00. The number of halogens is 1. The van der Waals surface area contributed by atoms with Gasteiger partial charge in [0.25, 0.3) is 11.8 Å². The minimum absolute atomic E-state index is 0.200. The molecule has 0 radical (unpaired) electrons. The fourth-order valence-corrected chi connectivity index (χ4v) is 4.63. The van der Waals surface area contributed by atoms with E-state index in [1.165, 1.54) is 11.2 Å². The first-order valence-electron chi connectivity index (χ1n) is 11.0. The zero-order chi connectivity index (χ0) is 24.3. The summed E-state index contributed by atoms with van der Waals surface area (Å²) in [5.74, 6) is 0.471. The minimum Gasteiger partial charge on any atom is -0.497 e. The lowest BCUT2D eigenvalue weighted by Crippen LogP contribution is -2.50. The smallest absolute Gasteiger partial charge is 0.293 e. The third-order valence-corrected chi connectivity index (χ3v) is 6.81. The molecule has 0 atom stereocenters. The van der Waals surface area contributed by atoms with E-state index in [0.717, 1.165) is 11.3 Å². The fraction of sp³-hybridized carbons (Fsp3) is 0.308. The van der Waals surface area contributed by atoms with Gasteiger partial charge in [-0.05, 0) is 60.9 Å². The van der Waals surface area contributed by atoms with E-state index in [9.17, 15) is 9.59 Å². The Hall–Kier alpha value is -3.29. The molecule has 2 aromatic carbocycles. The number of anilines is 1. The van der Waals surface area contributed by atoms with Gasteiger partial charge in [0.15, 0.2) is 5.76 Å². The molecule has 8 heteroatoms. The number of hydrogen-bond acceptors (Lipinski definition) is 5. The Balaban J connectivity index is 1.62. The lowest BCUT2D eigenvalue weighted by atomic mass is 9.81. The van der Waals surface area contributed by atoms with Gasteiger partial charge in [-0.25, -0.2) is 0 Å². The average Bonchev–Trinajstić information content (AvgIpc) is 3.42. The van der Waals surface area contributed by atoms with Crippen molar-refractivity contribution < 1.29 is 23.5 Å². The van der Waals surface area contributed by atoms with Crippen molar-refractivity contribution in [2.75, 3.05) is 39.3 Å². The lowest BCUT2D eigenvalue weighted by Gasteiger charge is -2.45. The van der Waals surface area contributed by atoms with Crippen LogP contribution in [0.3, 0.4) is 0 Å².